The van der Waals surface area contributed by atoms with Gasteiger partial charge < -0.3 is 9.73 Å². The third-order valence-corrected chi connectivity index (χ3v) is 5.33. The Morgan fingerprint density at radius 3 is 2.56 bits per heavy atom. The molecule has 4 nitrogen and oxygen atoms in total. The van der Waals surface area contributed by atoms with Gasteiger partial charge in [-0.3, -0.25) is 0 Å². The lowest BCUT2D eigenvalue weighted by atomic mass is 10.2. The van der Waals surface area contributed by atoms with Crippen molar-refractivity contribution in [2.24, 2.45) is 0 Å². The zero-order valence-corrected chi connectivity index (χ0v) is 16.8. The minimum Gasteiger partial charge on any atom is -0.409 e. The molecule has 3 rings (SSSR count). The first-order valence-electron chi connectivity index (χ1n) is 6.77. The number of hydrogen-bond acceptors (Lipinski definition) is 4. The van der Waals surface area contributed by atoms with Gasteiger partial charge in [-0.2, -0.15) is 0 Å². The lowest BCUT2D eigenvalue weighted by Gasteiger charge is -2.08. The van der Waals surface area contributed by atoms with E-state index in [0.29, 0.717) is 31.3 Å². The molecule has 0 aliphatic rings. The quantitative estimate of drug-likeness (QED) is 0.333. The fourth-order valence-electron chi connectivity index (χ4n) is 2.03. The molecule has 0 atom stereocenters. The van der Waals surface area contributed by atoms with Gasteiger partial charge in [-0.05, 0) is 36.5 Å². The van der Waals surface area contributed by atoms with Crippen molar-refractivity contribution in [1.29, 1.82) is 0 Å². The maximum atomic E-state index is 6.19. The van der Waals surface area contributed by atoms with Crippen LogP contribution in [-0.2, 0) is 6.67 Å². The molecule has 0 amide bonds. The molecule has 0 fully saturated rings. The van der Waals surface area contributed by atoms with E-state index in [0.717, 1.165) is 0 Å². The second-order valence-electron chi connectivity index (χ2n) is 4.86. The Hall–Kier alpha value is -0.950. The summed E-state index contributed by atoms with van der Waals surface area (Å²) >= 11 is 35.5. The summed E-state index contributed by atoms with van der Waals surface area (Å²) < 4.78 is 6.94. The molecule has 25 heavy (non-hydrogen) atoms. The summed E-state index contributed by atoms with van der Waals surface area (Å²) in [4.78, 5) is 0.146. The second kappa shape index (κ2) is 7.74. The summed E-state index contributed by atoms with van der Waals surface area (Å²) in [7, 11) is 0. The standard InChI is InChI=1S/C15H8Cl5N3OS/c16-7-4-8(12(19)10(18)5-7)14-22-23(15(25)24-14)6-21-11-3-1-2-9(17)13(11)20/h1-5,21H,6H2. The van der Waals surface area contributed by atoms with E-state index in [2.05, 4.69) is 10.4 Å². The fourth-order valence-corrected chi connectivity index (χ4v) is 3.26. The van der Waals surface area contributed by atoms with Crippen LogP contribution in [0.1, 0.15) is 0 Å². The number of benzene rings is 2. The van der Waals surface area contributed by atoms with Gasteiger partial charge in [0.15, 0.2) is 0 Å². The number of hydrogen-bond donors (Lipinski definition) is 1. The smallest absolute Gasteiger partial charge is 0.289 e. The van der Waals surface area contributed by atoms with Crippen molar-refractivity contribution in [2.75, 3.05) is 5.32 Å². The third kappa shape index (κ3) is 4.08. The van der Waals surface area contributed by atoms with Crippen LogP contribution in [0.3, 0.4) is 0 Å². The van der Waals surface area contributed by atoms with Gasteiger partial charge in [-0.25, -0.2) is 4.68 Å². The van der Waals surface area contributed by atoms with Gasteiger partial charge in [0.05, 0.1) is 31.3 Å². The summed E-state index contributed by atoms with van der Waals surface area (Å²) in [6.07, 6.45) is 0. The molecule has 1 N–H and O–H groups in total. The molecule has 0 saturated heterocycles. The molecule has 3 aromatic rings. The molecule has 1 heterocycles. The van der Waals surface area contributed by atoms with E-state index in [-0.39, 0.29) is 22.4 Å². The van der Waals surface area contributed by atoms with Gasteiger partial charge in [0.25, 0.3) is 4.84 Å². The maximum Gasteiger partial charge on any atom is 0.289 e. The van der Waals surface area contributed by atoms with Crippen LogP contribution in [0.5, 0.6) is 0 Å². The van der Waals surface area contributed by atoms with Crippen LogP contribution in [0.4, 0.5) is 5.69 Å². The Labute approximate surface area is 173 Å². The predicted molar refractivity (Wildman–Crippen MR) is 106 cm³/mol. The number of halogens is 5. The molecule has 1 aromatic heterocycles. The third-order valence-electron chi connectivity index (χ3n) is 3.20. The second-order valence-corrected chi connectivity index (χ2v) is 7.21. The van der Waals surface area contributed by atoms with Crippen LogP contribution < -0.4 is 5.32 Å². The Kier molecular flexibility index (Phi) is 5.83. The van der Waals surface area contributed by atoms with Crippen molar-refractivity contribution >= 4 is 75.9 Å². The van der Waals surface area contributed by atoms with E-state index in [9.17, 15) is 0 Å². The Morgan fingerprint density at radius 1 is 1.04 bits per heavy atom. The Bertz CT molecular complexity index is 1000. The van der Waals surface area contributed by atoms with E-state index in [1.165, 1.54) is 10.7 Å². The first-order valence-corrected chi connectivity index (χ1v) is 9.07. The molecule has 130 valence electrons. The zero-order valence-electron chi connectivity index (χ0n) is 12.2. The molecule has 10 heteroatoms. The molecule has 0 saturated carbocycles. The van der Waals surface area contributed by atoms with E-state index >= 15 is 0 Å². The highest BCUT2D eigenvalue weighted by Gasteiger charge is 2.15. The fraction of sp³-hybridized carbons (Fsp3) is 0.0667. The normalized spacial score (nSPS) is 10.9. The highest BCUT2D eigenvalue weighted by atomic mass is 35.5. The van der Waals surface area contributed by atoms with Crippen LogP contribution in [0.2, 0.25) is 25.1 Å². The van der Waals surface area contributed by atoms with Crippen molar-refractivity contribution < 1.29 is 4.42 Å². The van der Waals surface area contributed by atoms with Gasteiger partial charge in [0.1, 0.15) is 6.67 Å². The number of nitrogens with zero attached hydrogens (tertiary/aromatic N) is 2. The molecule has 0 bridgehead atoms. The highest BCUT2D eigenvalue weighted by Crippen LogP contribution is 2.36. The first kappa shape index (κ1) is 18.8. The summed E-state index contributed by atoms with van der Waals surface area (Å²) in [5.74, 6) is 0.207. The zero-order chi connectivity index (χ0) is 18.1. The molecule has 0 radical (unpaired) electrons. The number of anilines is 1. The minimum atomic E-state index is 0.146. The molecule has 0 aliphatic heterocycles. The number of rotatable bonds is 4. The van der Waals surface area contributed by atoms with Crippen molar-refractivity contribution in [3.63, 3.8) is 0 Å². The first-order chi connectivity index (χ1) is 11.9. The lowest BCUT2D eigenvalue weighted by Crippen LogP contribution is -2.10. The van der Waals surface area contributed by atoms with Crippen LogP contribution in [0.25, 0.3) is 11.5 Å². The molecule has 0 unspecified atom stereocenters. The van der Waals surface area contributed by atoms with E-state index in [1.54, 1.807) is 24.3 Å². The predicted octanol–water partition coefficient (Wildman–Crippen LogP) is 7.21. The SMILES string of the molecule is S=c1oc(-c2cc(Cl)cc(Cl)c2Cl)nn1CNc1cccc(Cl)c1Cl. The van der Waals surface area contributed by atoms with Crippen LogP contribution in [0, 0.1) is 4.84 Å². The van der Waals surface area contributed by atoms with Crippen LogP contribution in [0.15, 0.2) is 34.7 Å². The van der Waals surface area contributed by atoms with E-state index in [4.69, 9.17) is 74.6 Å². The maximum absolute atomic E-state index is 6.19. The highest BCUT2D eigenvalue weighted by molar-refractivity contribution is 7.71. The Morgan fingerprint density at radius 2 is 1.80 bits per heavy atom. The number of aromatic nitrogens is 2. The number of nitrogens with one attached hydrogen (secondary N) is 1. The monoisotopic (exact) mass is 453 g/mol. The molecule has 2 aromatic carbocycles. The summed E-state index contributed by atoms with van der Waals surface area (Å²) in [5.41, 5.74) is 1.09. The van der Waals surface area contributed by atoms with Gasteiger partial charge >= 0.3 is 0 Å². The minimum absolute atomic E-state index is 0.146. The van der Waals surface area contributed by atoms with Crippen molar-refractivity contribution in [3.05, 3.63) is 60.3 Å². The molecular formula is C15H8Cl5N3OS. The van der Waals surface area contributed by atoms with Crippen molar-refractivity contribution in [1.82, 2.24) is 9.78 Å². The average molecular weight is 456 g/mol. The summed E-state index contributed by atoms with van der Waals surface area (Å²) in [6.45, 7) is 0.217. The summed E-state index contributed by atoms with van der Waals surface area (Å²) in [5, 5.41) is 9.21. The molecule has 0 aliphatic carbocycles. The van der Waals surface area contributed by atoms with Crippen molar-refractivity contribution in [3.8, 4) is 11.5 Å². The largest absolute Gasteiger partial charge is 0.409 e. The van der Waals surface area contributed by atoms with Crippen molar-refractivity contribution in [2.45, 2.75) is 6.67 Å². The molecular weight excluding hydrogens is 448 g/mol. The van der Waals surface area contributed by atoms with Gasteiger partial charge in [-0.15, -0.1) is 5.10 Å². The van der Waals surface area contributed by atoms with Gasteiger partial charge in [0.2, 0.25) is 5.89 Å². The summed E-state index contributed by atoms with van der Waals surface area (Å²) in [6, 6.07) is 8.38. The van der Waals surface area contributed by atoms with Crippen LogP contribution in [-0.4, -0.2) is 9.78 Å². The van der Waals surface area contributed by atoms with Crippen LogP contribution >= 0.6 is 70.2 Å². The topological polar surface area (TPSA) is 43.0 Å². The van der Waals surface area contributed by atoms with E-state index < -0.39 is 0 Å². The lowest BCUT2D eigenvalue weighted by molar-refractivity contribution is 0.522. The van der Waals surface area contributed by atoms with Gasteiger partial charge in [0, 0.05) is 5.02 Å². The Balaban J connectivity index is 1.89. The average Bonchev–Trinajstić information content (AvgIpc) is 2.93. The molecule has 0 spiro atoms. The van der Waals surface area contributed by atoms with E-state index in [1.807, 2.05) is 0 Å². The van der Waals surface area contributed by atoms with Gasteiger partial charge in [-0.1, -0.05) is 64.1 Å².